The summed E-state index contributed by atoms with van der Waals surface area (Å²) >= 11 is 1.53. The molecule has 0 saturated carbocycles. The van der Waals surface area contributed by atoms with E-state index in [9.17, 15) is 9.59 Å². The average Bonchev–Trinajstić information content (AvgIpc) is 2.57. The van der Waals surface area contributed by atoms with Crippen molar-refractivity contribution in [3.05, 3.63) is 24.3 Å². The van der Waals surface area contributed by atoms with E-state index in [-0.39, 0.29) is 36.8 Å². The maximum atomic E-state index is 12.7. The summed E-state index contributed by atoms with van der Waals surface area (Å²) in [5.41, 5.74) is 6.84. The van der Waals surface area contributed by atoms with Crippen LogP contribution in [0.1, 0.15) is 19.8 Å². The molecular formula is C17H24ClN3O2S. The number of thioether (sulfide) groups is 1. The molecule has 132 valence electrons. The largest absolute Gasteiger partial charge is 0.341 e. The second-order valence-corrected chi connectivity index (χ2v) is 7.35. The molecule has 24 heavy (non-hydrogen) atoms. The Bertz CT molecular complexity index is 611. The van der Waals surface area contributed by atoms with Gasteiger partial charge in [-0.25, -0.2) is 0 Å². The number of benzene rings is 1. The van der Waals surface area contributed by atoms with E-state index in [1.807, 2.05) is 36.1 Å². The van der Waals surface area contributed by atoms with Gasteiger partial charge in [-0.3, -0.25) is 9.59 Å². The molecule has 0 radical (unpaired) electrons. The number of para-hydroxylation sites is 1. The molecule has 0 bridgehead atoms. The van der Waals surface area contributed by atoms with Gasteiger partial charge in [0.2, 0.25) is 11.8 Å². The van der Waals surface area contributed by atoms with E-state index in [0.717, 1.165) is 30.0 Å². The lowest BCUT2D eigenvalue weighted by atomic mass is 9.92. The number of halogens is 1. The normalized spacial score (nSPS) is 21.8. The molecule has 2 atom stereocenters. The molecule has 0 spiro atoms. The van der Waals surface area contributed by atoms with Crippen LogP contribution in [0.5, 0.6) is 0 Å². The SMILES string of the molecule is CC(N)C1CCCN(C(=O)CN2C(=O)CSc3ccccc32)C1.Cl. The van der Waals surface area contributed by atoms with Crippen LogP contribution >= 0.6 is 24.2 Å². The number of rotatable bonds is 3. The number of piperidine rings is 1. The molecule has 7 heteroatoms. The van der Waals surface area contributed by atoms with E-state index >= 15 is 0 Å². The van der Waals surface area contributed by atoms with E-state index in [0.29, 0.717) is 18.2 Å². The highest BCUT2D eigenvalue weighted by molar-refractivity contribution is 8.00. The first-order valence-electron chi connectivity index (χ1n) is 8.12. The van der Waals surface area contributed by atoms with E-state index in [1.54, 1.807) is 4.90 Å². The Kier molecular flexibility index (Phi) is 6.54. The fraction of sp³-hybridized carbons (Fsp3) is 0.529. The van der Waals surface area contributed by atoms with Gasteiger partial charge >= 0.3 is 0 Å². The summed E-state index contributed by atoms with van der Waals surface area (Å²) in [6, 6.07) is 7.87. The second kappa shape index (κ2) is 8.23. The Labute approximate surface area is 153 Å². The highest BCUT2D eigenvalue weighted by atomic mass is 35.5. The number of hydrogen-bond acceptors (Lipinski definition) is 4. The molecule has 1 fully saturated rings. The predicted octanol–water partition coefficient (Wildman–Crippen LogP) is 2.13. The van der Waals surface area contributed by atoms with Gasteiger partial charge in [0.25, 0.3) is 0 Å². The molecular weight excluding hydrogens is 346 g/mol. The van der Waals surface area contributed by atoms with Gasteiger partial charge in [-0.15, -0.1) is 24.2 Å². The van der Waals surface area contributed by atoms with Crippen LogP contribution in [-0.2, 0) is 9.59 Å². The van der Waals surface area contributed by atoms with Crippen molar-refractivity contribution in [2.45, 2.75) is 30.7 Å². The number of hydrogen-bond donors (Lipinski definition) is 1. The van der Waals surface area contributed by atoms with Crippen molar-refractivity contribution in [2.24, 2.45) is 11.7 Å². The third-order valence-electron chi connectivity index (χ3n) is 4.66. The lowest BCUT2D eigenvalue weighted by Crippen LogP contribution is -2.50. The smallest absolute Gasteiger partial charge is 0.242 e. The van der Waals surface area contributed by atoms with Gasteiger partial charge < -0.3 is 15.5 Å². The summed E-state index contributed by atoms with van der Waals surface area (Å²) in [7, 11) is 0. The zero-order valence-corrected chi connectivity index (χ0v) is 15.4. The monoisotopic (exact) mass is 369 g/mol. The lowest BCUT2D eigenvalue weighted by molar-refractivity contribution is -0.132. The minimum atomic E-state index is 0. The van der Waals surface area contributed by atoms with Crippen molar-refractivity contribution in [1.29, 1.82) is 0 Å². The van der Waals surface area contributed by atoms with Crippen molar-refractivity contribution in [2.75, 3.05) is 30.3 Å². The van der Waals surface area contributed by atoms with Crippen molar-refractivity contribution >= 4 is 41.7 Å². The van der Waals surface area contributed by atoms with E-state index in [2.05, 4.69) is 0 Å². The quantitative estimate of drug-likeness (QED) is 0.886. The Morgan fingerprint density at radius 3 is 2.92 bits per heavy atom. The van der Waals surface area contributed by atoms with Gasteiger partial charge in [-0.05, 0) is 37.8 Å². The fourth-order valence-electron chi connectivity index (χ4n) is 3.23. The number of fused-ring (bicyclic) bond motifs is 1. The average molecular weight is 370 g/mol. The number of nitrogens with two attached hydrogens (primary N) is 1. The number of carbonyl (C=O) groups excluding carboxylic acids is 2. The van der Waals surface area contributed by atoms with Crippen LogP contribution in [0.15, 0.2) is 29.2 Å². The minimum absolute atomic E-state index is 0. The first-order valence-corrected chi connectivity index (χ1v) is 9.10. The van der Waals surface area contributed by atoms with Crippen molar-refractivity contribution in [3.8, 4) is 0 Å². The summed E-state index contributed by atoms with van der Waals surface area (Å²) in [6.45, 7) is 3.60. The van der Waals surface area contributed by atoms with E-state index < -0.39 is 0 Å². The highest BCUT2D eigenvalue weighted by Crippen LogP contribution is 2.34. The summed E-state index contributed by atoms with van der Waals surface area (Å²) < 4.78 is 0. The second-order valence-electron chi connectivity index (χ2n) is 6.34. The molecule has 1 saturated heterocycles. The molecule has 2 aliphatic heterocycles. The highest BCUT2D eigenvalue weighted by Gasteiger charge is 2.30. The van der Waals surface area contributed by atoms with Gasteiger partial charge in [0, 0.05) is 24.0 Å². The summed E-state index contributed by atoms with van der Waals surface area (Å²) in [6.07, 6.45) is 2.06. The van der Waals surface area contributed by atoms with Crippen molar-refractivity contribution < 1.29 is 9.59 Å². The maximum absolute atomic E-state index is 12.7. The Morgan fingerprint density at radius 1 is 1.42 bits per heavy atom. The molecule has 2 unspecified atom stereocenters. The molecule has 2 aliphatic rings. The van der Waals surface area contributed by atoms with E-state index in [4.69, 9.17) is 5.73 Å². The third kappa shape index (κ3) is 4.05. The van der Waals surface area contributed by atoms with Crippen LogP contribution in [0.3, 0.4) is 0 Å². The van der Waals surface area contributed by atoms with Gasteiger partial charge in [0.15, 0.2) is 0 Å². The number of anilines is 1. The van der Waals surface area contributed by atoms with Crippen LogP contribution in [0, 0.1) is 5.92 Å². The number of amides is 2. The maximum Gasteiger partial charge on any atom is 0.242 e. The molecule has 2 heterocycles. The van der Waals surface area contributed by atoms with Crippen LogP contribution < -0.4 is 10.6 Å². The molecule has 2 N–H and O–H groups in total. The Balaban J connectivity index is 0.00000208. The molecule has 1 aromatic carbocycles. The number of nitrogens with zero attached hydrogens (tertiary/aromatic N) is 2. The lowest BCUT2D eigenvalue weighted by Gasteiger charge is -2.36. The number of carbonyl (C=O) groups is 2. The van der Waals surface area contributed by atoms with Gasteiger partial charge in [0.05, 0.1) is 11.4 Å². The third-order valence-corrected chi connectivity index (χ3v) is 5.70. The summed E-state index contributed by atoms with van der Waals surface area (Å²) in [5.74, 6) is 0.771. The summed E-state index contributed by atoms with van der Waals surface area (Å²) in [4.78, 5) is 29.5. The molecule has 0 aromatic heterocycles. The first kappa shape index (κ1) is 19.1. The molecule has 1 aromatic rings. The molecule has 0 aliphatic carbocycles. The molecule has 2 amide bonds. The fourth-order valence-corrected chi connectivity index (χ4v) is 4.16. The van der Waals surface area contributed by atoms with Crippen molar-refractivity contribution in [1.82, 2.24) is 4.90 Å². The minimum Gasteiger partial charge on any atom is -0.341 e. The van der Waals surface area contributed by atoms with Crippen molar-refractivity contribution in [3.63, 3.8) is 0 Å². The topological polar surface area (TPSA) is 66.6 Å². The van der Waals surface area contributed by atoms with Crippen LogP contribution in [0.4, 0.5) is 5.69 Å². The molecule has 3 rings (SSSR count). The Hall–Kier alpha value is -1.24. The van der Waals surface area contributed by atoms with Crippen LogP contribution in [0.25, 0.3) is 0 Å². The first-order chi connectivity index (χ1) is 11.1. The van der Waals surface area contributed by atoms with Gasteiger partial charge in [0.1, 0.15) is 6.54 Å². The van der Waals surface area contributed by atoms with Crippen LogP contribution in [0.2, 0.25) is 0 Å². The predicted molar refractivity (Wildman–Crippen MR) is 99.7 cm³/mol. The van der Waals surface area contributed by atoms with Gasteiger partial charge in [-0.1, -0.05) is 12.1 Å². The standard InChI is InChI=1S/C17H23N3O2S.ClH/c1-12(18)13-5-4-8-19(9-13)16(21)10-20-14-6-2-3-7-15(14)23-11-17(20)22;/h2-3,6-7,12-13H,4-5,8-11,18H2,1H3;1H. The zero-order chi connectivity index (χ0) is 16.4. The summed E-state index contributed by atoms with van der Waals surface area (Å²) in [5, 5.41) is 0. The van der Waals surface area contributed by atoms with Crippen LogP contribution in [-0.4, -0.2) is 48.1 Å². The zero-order valence-electron chi connectivity index (χ0n) is 13.8. The number of likely N-dealkylation sites (tertiary alicyclic amines) is 1. The van der Waals surface area contributed by atoms with Gasteiger partial charge in [-0.2, -0.15) is 0 Å². The Morgan fingerprint density at radius 2 is 2.17 bits per heavy atom. The molecule has 5 nitrogen and oxygen atoms in total. The van der Waals surface area contributed by atoms with E-state index in [1.165, 1.54) is 11.8 Å².